The molecule has 1 fully saturated rings. The number of ether oxygens (including phenoxy) is 1. The average Bonchev–Trinajstić information content (AvgIpc) is 2.27. The molecule has 2 nitrogen and oxygen atoms in total. The van der Waals surface area contributed by atoms with Crippen LogP contribution in [-0.4, -0.2) is 26.3 Å². The Labute approximate surface area is 69.3 Å². The molecule has 1 N–H and O–H groups in total. The van der Waals surface area contributed by atoms with Crippen LogP contribution in [0.5, 0.6) is 0 Å². The van der Waals surface area contributed by atoms with Gasteiger partial charge in [0, 0.05) is 13.2 Å². The summed E-state index contributed by atoms with van der Waals surface area (Å²) in [5.41, 5.74) is 0. The first-order valence-corrected chi connectivity index (χ1v) is 4.58. The fourth-order valence-electron chi connectivity index (χ4n) is 1.89. The van der Waals surface area contributed by atoms with Crippen LogP contribution < -0.4 is 5.32 Å². The summed E-state index contributed by atoms with van der Waals surface area (Å²) < 4.78 is 5.41. The fourth-order valence-corrected chi connectivity index (χ4v) is 1.89. The van der Waals surface area contributed by atoms with Gasteiger partial charge >= 0.3 is 0 Å². The molecule has 1 saturated carbocycles. The molecule has 1 aliphatic rings. The predicted octanol–water partition coefficient (Wildman–Crippen LogP) is 1.55. The van der Waals surface area contributed by atoms with Gasteiger partial charge in [0.05, 0.1) is 6.10 Å². The van der Waals surface area contributed by atoms with Gasteiger partial charge in [-0.3, -0.25) is 0 Å². The molecular weight excluding hydrogens is 138 g/mol. The van der Waals surface area contributed by atoms with Crippen LogP contribution in [0.2, 0.25) is 0 Å². The van der Waals surface area contributed by atoms with E-state index in [1.54, 1.807) is 0 Å². The summed E-state index contributed by atoms with van der Waals surface area (Å²) in [5.74, 6) is 0. The van der Waals surface area contributed by atoms with E-state index in [1.165, 1.54) is 32.1 Å². The van der Waals surface area contributed by atoms with E-state index < -0.39 is 0 Å². The van der Waals surface area contributed by atoms with Crippen LogP contribution in [0.3, 0.4) is 0 Å². The second-order valence-corrected chi connectivity index (χ2v) is 3.31. The molecule has 0 aliphatic heterocycles. The Morgan fingerprint density at radius 3 is 2.55 bits per heavy atom. The van der Waals surface area contributed by atoms with E-state index in [2.05, 4.69) is 5.32 Å². The predicted molar refractivity (Wildman–Crippen MR) is 46.7 cm³/mol. The molecule has 0 aromatic heterocycles. The second kappa shape index (κ2) is 4.73. The van der Waals surface area contributed by atoms with Crippen molar-refractivity contribution in [2.45, 2.75) is 44.2 Å². The zero-order valence-electron chi connectivity index (χ0n) is 7.60. The number of hydrogen-bond donors (Lipinski definition) is 1. The topological polar surface area (TPSA) is 21.3 Å². The summed E-state index contributed by atoms with van der Waals surface area (Å²) in [5, 5.41) is 3.32. The maximum atomic E-state index is 5.41. The van der Waals surface area contributed by atoms with Gasteiger partial charge in [0.25, 0.3) is 0 Å². The minimum atomic E-state index is 0.447. The van der Waals surface area contributed by atoms with E-state index >= 15 is 0 Å². The third-order valence-electron chi connectivity index (χ3n) is 2.63. The first kappa shape index (κ1) is 9.01. The highest BCUT2D eigenvalue weighted by Gasteiger charge is 2.21. The molecule has 0 aromatic rings. The number of likely N-dealkylation sites (N-methyl/N-ethyl adjacent to an activating group) is 1. The molecule has 66 valence electrons. The summed E-state index contributed by atoms with van der Waals surface area (Å²) in [6.07, 6.45) is 7.00. The van der Waals surface area contributed by atoms with Crippen LogP contribution in [0.4, 0.5) is 0 Å². The van der Waals surface area contributed by atoms with Gasteiger partial charge in [-0.05, 0) is 19.9 Å². The van der Waals surface area contributed by atoms with Crippen molar-refractivity contribution in [1.82, 2.24) is 5.32 Å². The lowest BCUT2D eigenvalue weighted by Gasteiger charge is -2.22. The lowest BCUT2D eigenvalue weighted by molar-refractivity contribution is 0.0657. The average molecular weight is 157 g/mol. The van der Waals surface area contributed by atoms with Gasteiger partial charge in [0.2, 0.25) is 0 Å². The van der Waals surface area contributed by atoms with Crippen molar-refractivity contribution in [3.8, 4) is 0 Å². The standard InChI is InChI=1S/C9H19NO/c1-10-8-6-4-3-5-7-9(8)11-2/h8-10H,3-7H2,1-2H3/t8-,9-/m0/s1. The van der Waals surface area contributed by atoms with Gasteiger partial charge in [0.1, 0.15) is 0 Å². The Morgan fingerprint density at radius 1 is 1.18 bits per heavy atom. The van der Waals surface area contributed by atoms with E-state index in [4.69, 9.17) is 4.74 Å². The molecule has 0 unspecified atom stereocenters. The Hall–Kier alpha value is -0.0800. The first-order chi connectivity index (χ1) is 5.38. The summed E-state index contributed by atoms with van der Waals surface area (Å²) in [6, 6.07) is 0.586. The van der Waals surface area contributed by atoms with Gasteiger partial charge in [-0.15, -0.1) is 0 Å². The van der Waals surface area contributed by atoms with E-state index in [9.17, 15) is 0 Å². The summed E-state index contributed by atoms with van der Waals surface area (Å²) in [6.45, 7) is 0. The van der Waals surface area contributed by atoms with Gasteiger partial charge in [-0.2, -0.15) is 0 Å². The van der Waals surface area contributed by atoms with Crippen molar-refractivity contribution in [2.24, 2.45) is 0 Å². The second-order valence-electron chi connectivity index (χ2n) is 3.31. The highest BCUT2D eigenvalue weighted by Crippen LogP contribution is 2.19. The minimum absolute atomic E-state index is 0.447. The van der Waals surface area contributed by atoms with E-state index in [-0.39, 0.29) is 0 Å². The highest BCUT2D eigenvalue weighted by atomic mass is 16.5. The molecule has 0 amide bonds. The van der Waals surface area contributed by atoms with E-state index in [1.807, 2.05) is 14.2 Å². The van der Waals surface area contributed by atoms with Crippen molar-refractivity contribution < 1.29 is 4.74 Å². The van der Waals surface area contributed by atoms with E-state index in [0.29, 0.717) is 12.1 Å². The quantitative estimate of drug-likeness (QED) is 0.614. The molecule has 1 rings (SSSR count). The van der Waals surface area contributed by atoms with Crippen LogP contribution in [0.25, 0.3) is 0 Å². The van der Waals surface area contributed by atoms with Gasteiger partial charge < -0.3 is 10.1 Å². The zero-order chi connectivity index (χ0) is 8.10. The Kier molecular flexibility index (Phi) is 3.87. The molecule has 2 atom stereocenters. The number of rotatable bonds is 2. The molecule has 1 aliphatic carbocycles. The molecular formula is C9H19NO. The molecule has 0 spiro atoms. The minimum Gasteiger partial charge on any atom is -0.380 e. The van der Waals surface area contributed by atoms with Crippen LogP contribution in [0.1, 0.15) is 32.1 Å². The third kappa shape index (κ3) is 2.46. The summed E-state index contributed by atoms with van der Waals surface area (Å²) >= 11 is 0. The number of methoxy groups -OCH3 is 1. The molecule has 0 saturated heterocycles. The SMILES string of the molecule is CN[C@H]1CCCCC[C@@H]1OC. The third-order valence-corrected chi connectivity index (χ3v) is 2.63. The summed E-state index contributed by atoms with van der Waals surface area (Å²) in [7, 11) is 3.85. The van der Waals surface area contributed by atoms with Crippen molar-refractivity contribution in [1.29, 1.82) is 0 Å². The molecule has 2 heteroatoms. The van der Waals surface area contributed by atoms with Crippen molar-refractivity contribution in [3.05, 3.63) is 0 Å². The van der Waals surface area contributed by atoms with Crippen molar-refractivity contribution in [3.63, 3.8) is 0 Å². The van der Waals surface area contributed by atoms with Gasteiger partial charge in [-0.1, -0.05) is 19.3 Å². The van der Waals surface area contributed by atoms with Crippen LogP contribution in [0.15, 0.2) is 0 Å². The van der Waals surface area contributed by atoms with E-state index in [0.717, 1.165) is 0 Å². The Morgan fingerprint density at radius 2 is 1.91 bits per heavy atom. The van der Waals surface area contributed by atoms with Crippen LogP contribution >= 0.6 is 0 Å². The molecule has 0 radical (unpaired) electrons. The normalized spacial score (nSPS) is 33.3. The molecule has 0 aromatic carbocycles. The monoisotopic (exact) mass is 157 g/mol. The summed E-state index contributed by atoms with van der Waals surface area (Å²) in [4.78, 5) is 0. The van der Waals surface area contributed by atoms with Crippen LogP contribution in [0, 0.1) is 0 Å². The zero-order valence-corrected chi connectivity index (χ0v) is 7.60. The highest BCUT2D eigenvalue weighted by molar-refractivity contribution is 4.78. The lowest BCUT2D eigenvalue weighted by Crippen LogP contribution is -2.37. The largest absolute Gasteiger partial charge is 0.380 e. The maximum absolute atomic E-state index is 5.41. The van der Waals surface area contributed by atoms with Gasteiger partial charge in [-0.25, -0.2) is 0 Å². The van der Waals surface area contributed by atoms with Crippen molar-refractivity contribution >= 4 is 0 Å². The number of nitrogens with one attached hydrogen (secondary N) is 1. The molecule has 11 heavy (non-hydrogen) atoms. The Balaban J connectivity index is 2.41. The molecule has 0 heterocycles. The lowest BCUT2D eigenvalue weighted by atomic mass is 10.1. The smallest absolute Gasteiger partial charge is 0.0724 e. The van der Waals surface area contributed by atoms with Crippen LogP contribution in [-0.2, 0) is 4.74 Å². The fraction of sp³-hybridized carbons (Fsp3) is 1.00. The molecule has 0 bridgehead atoms. The van der Waals surface area contributed by atoms with Gasteiger partial charge in [0.15, 0.2) is 0 Å². The number of hydrogen-bond acceptors (Lipinski definition) is 2. The maximum Gasteiger partial charge on any atom is 0.0724 e. The first-order valence-electron chi connectivity index (χ1n) is 4.58. The van der Waals surface area contributed by atoms with Crippen molar-refractivity contribution in [2.75, 3.05) is 14.2 Å². The Bertz CT molecular complexity index is 93.7.